The number of hydrogen-bond acceptors (Lipinski definition) is 7. The zero-order valence-corrected chi connectivity index (χ0v) is 17.1. The molecule has 0 spiro atoms. The van der Waals surface area contributed by atoms with Gasteiger partial charge in [-0.25, -0.2) is 9.59 Å². The first-order chi connectivity index (χ1) is 14.1. The van der Waals surface area contributed by atoms with Gasteiger partial charge in [0.2, 0.25) is 0 Å². The van der Waals surface area contributed by atoms with Crippen LogP contribution in [-0.2, 0) is 10.2 Å². The molecule has 0 unspecified atom stereocenters. The molecule has 0 aliphatic carbocycles. The number of hydrogen-bond donors (Lipinski definition) is 0. The molecule has 0 amide bonds. The topological polar surface area (TPSA) is 109 Å². The number of carbonyl (C=O) groups is 2. The molecular weight excluding hydrogens is 390 g/mol. The Morgan fingerprint density at radius 2 is 1.73 bits per heavy atom. The second-order valence-electron chi connectivity index (χ2n) is 7.63. The van der Waals surface area contributed by atoms with Crippen molar-refractivity contribution in [3.8, 4) is 5.75 Å². The normalized spacial score (nSPS) is 11.3. The lowest BCUT2D eigenvalue weighted by Gasteiger charge is -2.16. The van der Waals surface area contributed by atoms with Crippen LogP contribution in [0.5, 0.6) is 5.75 Å². The highest BCUT2D eigenvalue weighted by molar-refractivity contribution is 6.05. The van der Waals surface area contributed by atoms with Crippen LogP contribution in [0.25, 0.3) is 11.0 Å². The van der Waals surface area contributed by atoms with Crippen LogP contribution in [0.3, 0.4) is 0 Å². The van der Waals surface area contributed by atoms with Gasteiger partial charge in [0.05, 0.1) is 17.1 Å². The molecule has 8 nitrogen and oxygen atoms in total. The van der Waals surface area contributed by atoms with Gasteiger partial charge in [-0.05, 0) is 37.3 Å². The first-order valence-corrected chi connectivity index (χ1v) is 9.32. The van der Waals surface area contributed by atoms with Crippen LogP contribution in [0.1, 0.15) is 54.2 Å². The standard InChI is InChI=1S/C22H21NO7/c1-5-28-21(25)18-16-12-15(10-11-17(16)30-19(18)22(2,3)4)29-20(24)13-6-8-14(9-7-13)23(26)27/h6-12H,5H2,1-4H3. The van der Waals surface area contributed by atoms with Crippen molar-refractivity contribution in [3.63, 3.8) is 0 Å². The Balaban J connectivity index is 1.97. The predicted octanol–water partition coefficient (Wildman–Crippen LogP) is 5.03. The van der Waals surface area contributed by atoms with E-state index in [9.17, 15) is 19.7 Å². The minimum Gasteiger partial charge on any atom is -0.462 e. The van der Waals surface area contributed by atoms with E-state index in [1.165, 1.54) is 24.3 Å². The van der Waals surface area contributed by atoms with Crippen molar-refractivity contribution in [1.82, 2.24) is 0 Å². The minimum atomic E-state index is -0.679. The number of nitro benzene ring substituents is 1. The van der Waals surface area contributed by atoms with E-state index < -0.39 is 22.3 Å². The average molecular weight is 411 g/mol. The molecule has 0 atom stereocenters. The number of esters is 2. The summed E-state index contributed by atoms with van der Waals surface area (Å²) in [4.78, 5) is 35.2. The van der Waals surface area contributed by atoms with Gasteiger partial charge < -0.3 is 13.9 Å². The highest BCUT2D eigenvalue weighted by atomic mass is 16.6. The lowest BCUT2D eigenvalue weighted by molar-refractivity contribution is -0.384. The smallest absolute Gasteiger partial charge is 0.343 e. The molecule has 3 rings (SSSR count). The van der Waals surface area contributed by atoms with Crippen LogP contribution in [0.4, 0.5) is 5.69 Å². The zero-order valence-electron chi connectivity index (χ0n) is 17.1. The van der Waals surface area contributed by atoms with E-state index in [2.05, 4.69) is 0 Å². The second-order valence-corrected chi connectivity index (χ2v) is 7.63. The third kappa shape index (κ3) is 4.17. The highest BCUT2D eigenvalue weighted by Gasteiger charge is 2.30. The number of ether oxygens (including phenoxy) is 2. The van der Waals surface area contributed by atoms with Gasteiger partial charge in [-0.15, -0.1) is 0 Å². The lowest BCUT2D eigenvalue weighted by atomic mass is 9.89. The lowest BCUT2D eigenvalue weighted by Crippen LogP contribution is -2.16. The number of rotatable bonds is 5. The number of furan rings is 1. The summed E-state index contributed by atoms with van der Waals surface area (Å²) < 4.78 is 16.5. The van der Waals surface area contributed by atoms with Gasteiger partial charge in [-0.1, -0.05) is 20.8 Å². The summed E-state index contributed by atoms with van der Waals surface area (Å²) in [6.07, 6.45) is 0. The molecule has 0 saturated heterocycles. The SMILES string of the molecule is CCOC(=O)c1c(C(C)(C)C)oc2ccc(OC(=O)c3ccc([N+](=O)[O-])cc3)cc12. The van der Waals surface area contributed by atoms with E-state index in [4.69, 9.17) is 13.9 Å². The van der Waals surface area contributed by atoms with Gasteiger partial charge in [-0.2, -0.15) is 0 Å². The van der Waals surface area contributed by atoms with Crippen molar-refractivity contribution in [2.24, 2.45) is 0 Å². The fourth-order valence-corrected chi connectivity index (χ4v) is 2.96. The summed E-state index contributed by atoms with van der Waals surface area (Å²) in [5.74, 6) is -0.506. The van der Waals surface area contributed by atoms with Crippen LogP contribution in [0.15, 0.2) is 46.9 Å². The quantitative estimate of drug-likeness (QED) is 0.250. The molecule has 1 aromatic heterocycles. The molecule has 0 fully saturated rings. The van der Waals surface area contributed by atoms with Gasteiger partial charge in [0.1, 0.15) is 22.7 Å². The highest BCUT2D eigenvalue weighted by Crippen LogP contribution is 2.36. The van der Waals surface area contributed by atoms with E-state index in [0.717, 1.165) is 0 Å². The van der Waals surface area contributed by atoms with Crippen molar-refractivity contribution in [2.45, 2.75) is 33.1 Å². The van der Waals surface area contributed by atoms with E-state index >= 15 is 0 Å². The fraction of sp³-hybridized carbons (Fsp3) is 0.273. The molecule has 0 saturated carbocycles. The third-order valence-corrected chi connectivity index (χ3v) is 4.34. The maximum absolute atomic E-state index is 12.6. The number of non-ortho nitro benzene ring substituents is 1. The summed E-state index contributed by atoms with van der Waals surface area (Å²) in [7, 11) is 0. The predicted molar refractivity (Wildman–Crippen MR) is 109 cm³/mol. The summed E-state index contributed by atoms with van der Waals surface area (Å²) in [5, 5.41) is 11.2. The van der Waals surface area contributed by atoms with Gasteiger partial charge in [-0.3, -0.25) is 10.1 Å². The summed E-state index contributed by atoms with van der Waals surface area (Å²) in [6.45, 7) is 7.69. The Morgan fingerprint density at radius 3 is 2.30 bits per heavy atom. The molecule has 0 aliphatic rings. The Labute approximate surface area is 172 Å². The monoisotopic (exact) mass is 411 g/mol. The first kappa shape index (κ1) is 21.0. The van der Waals surface area contributed by atoms with Crippen molar-refractivity contribution < 1.29 is 28.4 Å². The molecule has 3 aromatic rings. The van der Waals surface area contributed by atoms with Crippen LogP contribution in [0, 0.1) is 10.1 Å². The van der Waals surface area contributed by atoms with E-state index in [1.54, 1.807) is 25.1 Å². The van der Waals surface area contributed by atoms with Crippen LogP contribution >= 0.6 is 0 Å². The molecule has 2 aromatic carbocycles. The van der Waals surface area contributed by atoms with E-state index in [1.807, 2.05) is 20.8 Å². The molecule has 0 N–H and O–H groups in total. The van der Waals surface area contributed by atoms with Gasteiger partial charge in [0, 0.05) is 22.9 Å². The minimum absolute atomic E-state index is 0.125. The fourth-order valence-electron chi connectivity index (χ4n) is 2.96. The first-order valence-electron chi connectivity index (χ1n) is 9.32. The second kappa shape index (κ2) is 7.98. The van der Waals surface area contributed by atoms with Crippen molar-refractivity contribution in [2.75, 3.05) is 6.61 Å². The van der Waals surface area contributed by atoms with Crippen molar-refractivity contribution >= 4 is 28.6 Å². The third-order valence-electron chi connectivity index (χ3n) is 4.34. The molecule has 156 valence electrons. The molecule has 8 heteroatoms. The number of nitrogens with zero attached hydrogens (tertiary/aromatic N) is 1. The Hall–Kier alpha value is -3.68. The summed E-state index contributed by atoms with van der Waals surface area (Å²) >= 11 is 0. The Bertz CT molecular complexity index is 1120. The maximum atomic E-state index is 12.6. The number of carbonyl (C=O) groups excluding carboxylic acids is 2. The number of benzene rings is 2. The van der Waals surface area contributed by atoms with Crippen LogP contribution in [-0.4, -0.2) is 23.5 Å². The van der Waals surface area contributed by atoms with Gasteiger partial charge >= 0.3 is 11.9 Å². The molecule has 0 radical (unpaired) electrons. The Kier molecular flexibility index (Phi) is 5.60. The van der Waals surface area contributed by atoms with Gasteiger partial charge in [0.15, 0.2) is 0 Å². The van der Waals surface area contributed by atoms with Crippen LogP contribution < -0.4 is 4.74 Å². The van der Waals surface area contributed by atoms with E-state index in [-0.39, 0.29) is 23.6 Å². The summed E-state index contributed by atoms with van der Waals surface area (Å²) in [6, 6.07) is 9.80. The molecule has 1 heterocycles. The number of fused-ring (bicyclic) bond motifs is 1. The Morgan fingerprint density at radius 1 is 1.07 bits per heavy atom. The zero-order chi connectivity index (χ0) is 22.1. The summed E-state index contributed by atoms with van der Waals surface area (Å²) in [5.41, 5.74) is 0.358. The van der Waals surface area contributed by atoms with Crippen molar-refractivity contribution in [1.29, 1.82) is 0 Å². The van der Waals surface area contributed by atoms with Crippen molar-refractivity contribution in [3.05, 3.63) is 69.5 Å². The maximum Gasteiger partial charge on any atom is 0.343 e. The van der Waals surface area contributed by atoms with E-state index in [0.29, 0.717) is 22.3 Å². The molecule has 0 bridgehead atoms. The average Bonchev–Trinajstić information content (AvgIpc) is 3.07. The number of nitro groups is 1. The largest absolute Gasteiger partial charge is 0.462 e. The molecular formula is C22H21NO7. The molecule has 30 heavy (non-hydrogen) atoms. The van der Waals surface area contributed by atoms with Crippen LogP contribution in [0.2, 0.25) is 0 Å². The van der Waals surface area contributed by atoms with Gasteiger partial charge in [0.25, 0.3) is 5.69 Å². The molecule has 0 aliphatic heterocycles.